The molecule has 1 aromatic carbocycles. The number of carbonyl (C=O) groups is 1. The molecule has 2 rings (SSSR count). The first-order chi connectivity index (χ1) is 10.9. The lowest BCUT2D eigenvalue weighted by molar-refractivity contribution is -0.121. The Morgan fingerprint density at radius 1 is 1.57 bits per heavy atom. The second kappa shape index (κ2) is 7.62. The van der Waals surface area contributed by atoms with Crippen molar-refractivity contribution in [2.75, 3.05) is 20.2 Å². The van der Waals surface area contributed by atoms with Crippen LogP contribution in [0.4, 0.5) is 0 Å². The third-order valence-corrected chi connectivity index (χ3v) is 3.98. The van der Waals surface area contributed by atoms with E-state index in [1.165, 1.54) is 7.11 Å². The highest BCUT2D eigenvalue weighted by Crippen LogP contribution is 2.27. The molecule has 5 heteroatoms. The van der Waals surface area contributed by atoms with Crippen LogP contribution in [0.5, 0.6) is 11.5 Å². The van der Waals surface area contributed by atoms with Crippen molar-refractivity contribution >= 4 is 11.9 Å². The van der Waals surface area contributed by atoms with Crippen molar-refractivity contribution in [3.05, 3.63) is 29.8 Å². The highest BCUT2D eigenvalue weighted by atomic mass is 16.5. The van der Waals surface area contributed by atoms with Crippen molar-refractivity contribution in [2.24, 2.45) is 0 Å². The number of benzene rings is 1. The number of hydrogen-bond donors (Lipinski definition) is 2. The van der Waals surface area contributed by atoms with Gasteiger partial charge in [0, 0.05) is 19.5 Å². The van der Waals surface area contributed by atoms with Gasteiger partial charge in [0.15, 0.2) is 17.3 Å². The zero-order valence-corrected chi connectivity index (χ0v) is 14.0. The van der Waals surface area contributed by atoms with Crippen LogP contribution < -0.4 is 10.1 Å². The van der Waals surface area contributed by atoms with Gasteiger partial charge in [-0.05, 0) is 44.0 Å². The lowest BCUT2D eigenvalue weighted by Crippen LogP contribution is -2.51. The highest BCUT2D eigenvalue weighted by molar-refractivity contribution is 5.93. The van der Waals surface area contributed by atoms with E-state index in [-0.39, 0.29) is 23.2 Å². The normalized spacial score (nSPS) is 24.7. The summed E-state index contributed by atoms with van der Waals surface area (Å²) < 4.78 is 10.9. The molecular weight excluding hydrogens is 294 g/mol. The number of carbonyl (C=O) groups excluding carboxylic acids is 1. The molecule has 0 aliphatic carbocycles. The Hall–Kier alpha value is -1.85. The maximum absolute atomic E-state index is 12.0. The molecule has 5 nitrogen and oxygen atoms in total. The van der Waals surface area contributed by atoms with Gasteiger partial charge in [0.2, 0.25) is 0 Å². The van der Waals surface area contributed by atoms with Gasteiger partial charge < -0.3 is 19.9 Å². The number of allylic oxidation sites excluding steroid dienone is 1. The predicted octanol–water partition coefficient (Wildman–Crippen LogP) is 2.53. The minimum Gasteiger partial charge on any atom is -0.504 e. The zero-order valence-electron chi connectivity index (χ0n) is 14.0. The fraction of sp³-hybridized carbons (Fsp3) is 0.500. The molecule has 0 aromatic heterocycles. The molecule has 1 aliphatic rings. The van der Waals surface area contributed by atoms with Crippen molar-refractivity contribution < 1.29 is 19.4 Å². The van der Waals surface area contributed by atoms with E-state index in [4.69, 9.17) is 9.47 Å². The molecule has 0 bridgehead atoms. The van der Waals surface area contributed by atoms with E-state index >= 15 is 0 Å². The van der Waals surface area contributed by atoms with Crippen molar-refractivity contribution in [3.8, 4) is 11.5 Å². The average Bonchev–Trinajstić information content (AvgIpc) is 2.51. The second-order valence-corrected chi connectivity index (χ2v) is 6.24. The minimum atomic E-state index is -0.292. The average molecular weight is 319 g/mol. The van der Waals surface area contributed by atoms with E-state index in [0.717, 1.165) is 18.7 Å². The molecule has 1 fully saturated rings. The molecule has 23 heavy (non-hydrogen) atoms. The van der Waals surface area contributed by atoms with Crippen molar-refractivity contribution in [1.82, 2.24) is 5.32 Å². The molecule has 0 saturated carbocycles. The first-order valence-corrected chi connectivity index (χ1v) is 7.88. The monoisotopic (exact) mass is 319 g/mol. The summed E-state index contributed by atoms with van der Waals surface area (Å²) in [5, 5.41) is 13.1. The molecule has 126 valence electrons. The van der Waals surface area contributed by atoms with Crippen molar-refractivity contribution in [3.63, 3.8) is 0 Å². The Labute approximate surface area is 137 Å². The van der Waals surface area contributed by atoms with Crippen molar-refractivity contribution in [2.45, 2.75) is 38.4 Å². The SMILES string of the molecule is COc1ccc(/C=C/C(=O)CCC2(C)CNCC(C)O2)cc1O. The van der Waals surface area contributed by atoms with E-state index in [2.05, 4.69) is 5.32 Å². The van der Waals surface area contributed by atoms with Crippen LogP contribution in [0.3, 0.4) is 0 Å². The van der Waals surface area contributed by atoms with Crippen molar-refractivity contribution in [1.29, 1.82) is 0 Å². The molecule has 2 N–H and O–H groups in total. The standard InChI is InChI=1S/C18H25NO4/c1-13-11-19-12-18(2,23-13)9-8-15(20)6-4-14-5-7-17(22-3)16(21)10-14/h4-7,10,13,19,21H,8-9,11-12H2,1-3H3/b6-4+. The number of phenols is 1. The third kappa shape index (κ3) is 5.08. The van der Waals surface area contributed by atoms with Gasteiger partial charge in [-0.2, -0.15) is 0 Å². The summed E-state index contributed by atoms with van der Waals surface area (Å²) in [5.74, 6) is 0.520. The molecule has 0 amide bonds. The number of aromatic hydroxyl groups is 1. The molecule has 2 atom stereocenters. The molecule has 1 aromatic rings. The Morgan fingerprint density at radius 2 is 2.35 bits per heavy atom. The first kappa shape index (κ1) is 17.5. The van der Waals surface area contributed by atoms with E-state index in [1.54, 1.807) is 30.4 Å². The van der Waals surface area contributed by atoms with Gasteiger partial charge in [0.1, 0.15) is 0 Å². The van der Waals surface area contributed by atoms with E-state index in [1.807, 2.05) is 13.8 Å². The maximum atomic E-state index is 12.0. The van der Waals surface area contributed by atoms with Crippen LogP contribution in [-0.4, -0.2) is 42.8 Å². The summed E-state index contributed by atoms with van der Waals surface area (Å²) in [6.45, 7) is 5.68. The van der Waals surface area contributed by atoms with Gasteiger partial charge in [-0.25, -0.2) is 0 Å². The molecule has 1 aliphatic heterocycles. The lowest BCUT2D eigenvalue weighted by Gasteiger charge is -2.38. The van der Waals surface area contributed by atoms with Gasteiger partial charge in [0.25, 0.3) is 0 Å². The fourth-order valence-electron chi connectivity index (χ4n) is 2.73. The lowest BCUT2D eigenvalue weighted by atomic mass is 9.96. The molecule has 0 spiro atoms. The van der Waals surface area contributed by atoms with Crippen LogP contribution >= 0.6 is 0 Å². The topological polar surface area (TPSA) is 67.8 Å². The van der Waals surface area contributed by atoms with Crippen LogP contribution in [0, 0.1) is 0 Å². The maximum Gasteiger partial charge on any atom is 0.160 e. The van der Waals surface area contributed by atoms with Gasteiger partial charge >= 0.3 is 0 Å². The van der Waals surface area contributed by atoms with Gasteiger partial charge in [-0.3, -0.25) is 4.79 Å². The summed E-state index contributed by atoms with van der Waals surface area (Å²) in [6, 6.07) is 5.03. The quantitative estimate of drug-likeness (QED) is 0.789. The first-order valence-electron chi connectivity index (χ1n) is 7.88. The number of morpholine rings is 1. The molecule has 1 saturated heterocycles. The smallest absolute Gasteiger partial charge is 0.160 e. The number of phenolic OH excluding ortho intramolecular Hbond substituents is 1. The number of methoxy groups -OCH3 is 1. The zero-order chi connectivity index (χ0) is 16.9. The predicted molar refractivity (Wildman–Crippen MR) is 89.8 cm³/mol. The molecule has 0 radical (unpaired) electrons. The van der Waals surface area contributed by atoms with Gasteiger partial charge in [-0.15, -0.1) is 0 Å². The second-order valence-electron chi connectivity index (χ2n) is 6.24. The van der Waals surface area contributed by atoms with Crippen LogP contribution in [0.2, 0.25) is 0 Å². The summed E-state index contributed by atoms with van der Waals surface area (Å²) in [5.41, 5.74) is 0.464. The Balaban J connectivity index is 1.88. The molecule has 1 heterocycles. The minimum absolute atomic E-state index is 0.0448. The van der Waals surface area contributed by atoms with Crippen LogP contribution in [0.1, 0.15) is 32.3 Å². The molecule has 2 unspecified atom stereocenters. The van der Waals surface area contributed by atoms with Gasteiger partial charge in [0.05, 0.1) is 18.8 Å². The number of nitrogens with one attached hydrogen (secondary N) is 1. The Bertz CT molecular complexity index is 584. The third-order valence-electron chi connectivity index (χ3n) is 3.98. The highest BCUT2D eigenvalue weighted by Gasteiger charge is 2.31. The van der Waals surface area contributed by atoms with E-state index in [9.17, 15) is 9.90 Å². The summed E-state index contributed by atoms with van der Waals surface area (Å²) in [4.78, 5) is 12.0. The van der Waals surface area contributed by atoms with Gasteiger partial charge in [-0.1, -0.05) is 12.1 Å². The largest absolute Gasteiger partial charge is 0.504 e. The fourth-order valence-corrected chi connectivity index (χ4v) is 2.73. The van der Waals surface area contributed by atoms with Crippen LogP contribution in [0.25, 0.3) is 6.08 Å². The summed E-state index contributed by atoms with van der Waals surface area (Å²) >= 11 is 0. The van der Waals surface area contributed by atoms with Crippen LogP contribution in [-0.2, 0) is 9.53 Å². The Kier molecular flexibility index (Phi) is 5.80. The Morgan fingerprint density at radius 3 is 3.00 bits per heavy atom. The summed E-state index contributed by atoms with van der Waals surface area (Å²) in [6.07, 6.45) is 4.53. The van der Waals surface area contributed by atoms with Crippen LogP contribution in [0.15, 0.2) is 24.3 Å². The number of ketones is 1. The number of ether oxygens (including phenoxy) is 2. The summed E-state index contributed by atoms with van der Waals surface area (Å²) in [7, 11) is 1.50. The van der Waals surface area contributed by atoms with E-state index < -0.39 is 0 Å². The number of hydrogen-bond acceptors (Lipinski definition) is 5. The van der Waals surface area contributed by atoms with E-state index in [0.29, 0.717) is 18.6 Å². The molecular formula is C18H25NO4. The number of rotatable bonds is 6.